The molecule has 0 bridgehead atoms. The highest BCUT2D eigenvalue weighted by atomic mass is 16.3. The summed E-state index contributed by atoms with van der Waals surface area (Å²) in [5.41, 5.74) is 11.4. The number of benzene rings is 8. The molecular weight excluding hydrogens is 649 g/mol. The van der Waals surface area contributed by atoms with Crippen LogP contribution in [0.1, 0.15) is 0 Å². The van der Waals surface area contributed by atoms with E-state index in [0.717, 1.165) is 66.5 Å². The third kappa shape index (κ3) is 4.33. The quantitative estimate of drug-likeness (QED) is 0.174. The number of para-hydroxylation sites is 3. The predicted molar refractivity (Wildman–Crippen MR) is 220 cm³/mol. The van der Waals surface area contributed by atoms with Gasteiger partial charge in [-0.05, 0) is 71.3 Å². The summed E-state index contributed by atoms with van der Waals surface area (Å²) in [6, 6.07) is 62.7. The molecule has 0 aliphatic heterocycles. The Morgan fingerprint density at radius 3 is 1.77 bits per heavy atom. The molecule has 0 atom stereocenters. The Morgan fingerprint density at radius 1 is 0.396 bits per heavy atom. The molecule has 0 fully saturated rings. The Morgan fingerprint density at radius 2 is 1.02 bits per heavy atom. The van der Waals surface area contributed by atoms with Gasteiger partial charge in [-0.1, -0.05) is 127 Å². The molecule has 0 N–H and O–H groups in total. The summed E-state index contributed by atoms with van der Waals surface area (Å²) in [4.78, 5) is 15.0. The van der Waals surface area contributed by atoms with E-state index in [4.69, 9.17) is 4.42 Å². The highest BCUT2D eigenvalue weighted by Crippen LogP contribution is 2.43. The van der Waals surface area contributed by atoms with Crippen LogP contribution in [-0.2, 0) is 0 Å². The monoisotopic (exact) mass is 678 g/mol. The van der Waals surface area contributed by atoms with Crippen molar-refractivity contribution in [2.24, 2.45) is 0 Å². The van der Waals surface area contributed by atoms with Crippen molar-refractivity contribution in [1.29, 1.82) is 0 Å². The average molecular weight is 679 g/mol. The van der Waals surface area contributed by atoms with Gasteiger partial charge in [0.25, 0.3) is 0 Å². The number of hydrogen-bond acceptors (Lipinski definition) is 2. The second-order valence-corrected chi connectivity index (χ2v) is 13.6. The Hall–Kier alpha value is -7.17. The molecule has 3 aromatic heterocycles. The molecule has 0 aliphatic carbocycles. The molecule has 0 spiro atoms. The molecule has 53 heavy (non-hydrogen) atoms. The van der Waals surface area contributed by atoms with Crippen LogP contribution in [0, 0.1) is 0 Å². The smallest absolute Gasteiger partial charge is 0.201 e. The molecule has 0 radical (unpaired) electrons. The predicted octanol–water partition coefficient (Wildman–Crippen LogP) is 12.5. The number of nitrogens with zero attached hydrogens (tertiary/aromatic N) is 2. The van der Waals surface area contributed by atoms with Crippen LogP contribution in [0.2, 0.25) is 0 Å². The minimum atomic E-state index is -0.0497. The first-order valence-electron chi connectivity index (χ1n) is 17.9. The van der Waals surface area contributed by atoms with E-state index in [1.165, 1.54) is 10.8 Å². The molecule has 4 nitrogen and oxygen atoms in total. The molecule has 8 aromatic carbocycles. The van der Waals surface area contributed by atoms with Crippen LogP contribution in [0.3, 0.4) is 0 Å². The van der Waals surface area contributed by atoms with Crippen LogP contribution in [0.4, 0.5) is 0 Å². The van der Waals surface area contributed by atoms with Gasteiger partial charge in [0.2, 0.25) is 5.43 Å². The minimum absolute atomic E-state index is 0.0497. The molecule has 11 aromatic rings. The summed E-state index contributed by atoms with van der Waals surface area (Å²) < 4.78 is 11.3. The van der Waals surface area contributed by atoms with Crippen molar-refractivity contribution in [2.45, 2.75) is 0 Å². The third-order valence-corrected chi connectivity index (χ3v) is 10.7. The van der Waals surface area contributed by atoms with E-state index in [0.29, 0.717) is 21.9 Å². The molecule has 4 heteroatoms. The summed E-state index contributed by atoms with van der Waals surface area (Å²) in [7, 11) is 0. The van der Waals surface area contributed by atoms with Gasteiger partial charge in [0.15, 0.2) is 0 Å². The normalized spacial score (nSPS) is 11.8. The summed E-state index contributed by atoms with van der Waals surface area (Å²) in [5, 5.41) is 5.79. The van der Waals surface area contributed by atoms with Crippen LogP contribution in [0.25, 0.3) is 99.2 Å². The first-order chi connectivity index (χ1) is 26.2. The number of aromatic nitrogens is 2. The average Bonchev–Trinajstić information content (AvgIpc) is 3.74. The third-order valence-electron chi connectivity index (χ3n) is 10.7. The van der Waals surface area contributed by atoms with E-state index in [1.54, 1.807) is 0 Å². The fraction of sp³-hybridized carbons (Fsp3) is 0. The van der Waals surface area contributed by atoms with Crippen LogP contribution in [0.5, 0.6) is 0 Å². The van der Waals surface area contributed by atoms with Crippen molar-refractivity contribution in [2.75, 3.05) is 0 Å². The Kier molecular flexibility index (Phi) is 6.37. The van der Waals surface area contributed by atoms with Crippen LogP contribution < -0.4 is 5.43 Å². The van der Waals surface area contributed by atoms with Gasteiger partial charge in [0.05, 0.1) is 32.8 Å². The number of fused-ring (bicyclic) bond motifs is 9. The van der Waals surface area contributed by atoms with Gasteiger partial charge in [-0.3, -0.25) is 4.79 Å². The van der Waals surface area contributed by atoms with Crippen LogP contribution in [-0.4, -0.2) is 9.13 Å². The van der Waals surface area contributed by atoms with E-state index < -0.39 is 0 Å². The standard InChI is InChI=1S/C49H30N2O2/c52-49-39-30-34(24-28-43(39)53-44-29-26-35(31-14-4-1-5-15-31)45(47(44)49)32-16-6-2-7-17-32)51-40-22-12-10-20-36(40)37-25-27-42-46(48(37)51)38-21-11-13-23-41(38)50(42)33-18-8-3-9-19-33/h1-30H. The minimum Gasteiger partial charge on any atom is -0.456 e. The van der Waals surface area contributed by atoms with Gasteiger partial charge < -0.3 is 13.6 Å². The molecule has 11 rings (SSSR count). The topological polar surface area (TPSA) is 40.1 Å². The molecule has 0 aliphatic rings. The van der Waals surface area contributed by atoms with Gasteiger partial charge >= 0.3 is 0 Å². The Bertz CT molecular complexity index is 3280. The molecule has 0 amide bonds. The van der Waals surface area contributed by atoms with Gasteiger partial charge in [-0.2, -0.15) is 0 Å². The van der Waals surface area contributed by atoms with Crippen LogP contribution in [0.15, 0.2) is 191 Å². The SMILES string of the molecule is O=c1c2cc(-n3c4ccccc4c4ccc5c(c6ccccc6n5-c5ccccc5)c43)ccc2oc2ccc(-c3ccccc3)c(-c3ccccc3)c12. The maximum atomic E-state index is 15.0. The molecule has 248 valence electrons. The van der Waals surface area contributed by atoms with E-state index in [9.17, 15) is 4.79 Å². The van der Waals surface area contributed by atoms with E-state index >= 15 is 0 Å². The van der Waals surface area contributed by atoms with E-state index in [1.807, 2.05) is 54.6 Å². The number of rotatable bonds is 4. The summed E-state index contributed by atoms with van der Waals surface area (Å²) in [6.07, 6.45) is 0. The molecule has 0 unspecified atom stereocenters. The van der Waals surface area contributed by atoms with Crippen molar-refractivity contribution >= 4 is 65.6 Å². The first kappa shape index (κ1) is 29.5. The first-order valence-corrected chi connectivity index (χ1v) is 17.9. The molecule has 0 saturated heterocycles. The van der Waals surface area contributed by atoms with Crippen molar-refractivity contribution in [1.82, 2.24) is 9.13 Å². The maximum absolute atomic E-state index is 15.0. The zero-order chi connectivity index (χ0) is 35.0. The maximum Gasteiger partial charge on any atom is 0.201 e. The number of hydrogen-bond donors (Lipinski definition) is 0. The lowest BCUT2D eigenvalue weighted by molar-refractivity contribution is 0.660. The molecule has 3 heterocycles. The second-order valence-electron chi connectivity index (χ2n) is 13.6. The van der Waals surface area contributed by atoms with Gasteiger partial charge in [0, 0.05) is 38.5 Å². The van der Waals surface area contributed by atoms with Crippen molar-refractivity contribution in [3.8, 4) is 33.6 Å². The largest absolute Gasteiger partial charge is 0.456 e. The summed E-state index contributed by atoms with van der Waals surface area (Å²) in [6.45, 7) is 0. The zero-order valence-electron chi connectivity index (χ0n) is 28.5. The second kappa shape index (κ2) is 11.4. The highest BCUT2D eigenvalue weighted by molar-refractivity contribution is 6.26. The highest BCUT2D eigenvalue weighted by Gasteiger charge is 2.22. The summed E-state index contributed by atoms with van der Waals surface area (Å²) >= 11 is 0. The van der Waals surface area contributed by atoms with Gasteiger partial charge in [0.1, 0.15) is 11.2 Å². The van der Waals surface area contributed by atoms with Crippen molar-refractivity contribution < 1.29 is 4.42 Å². The molecule has 0 saturated carbocycles. The lowest BCUT2D eigenvalue weighted by Crippen LogP contribution is -2.06. The fourth-order valence-electron chi connectivity index (χ4n) is 8.47. The summed E-state index contributed by atoms with van der Waals surface area (Å²) in [5.74, 6) is 0. The lowest BCUT2D eigenvalue weighted by Gasteiger charge is -2.15. The lowest BCUT2D eigenvalue weighted by atomic mass is 9.91. The Labute approximate surface area is 304 Å². The van der Waals surface area contributed by atoms with E-state index in [2.05, 4.69) is 137 Å². The van der Waals surface area contributed by atoms with Gasteiger partial charge in [-0.15, -0.1) is 0 Å². The van der Waals surface area contributed by atoms with Crippen molar-refractivity contribution in [3.05, 3.63) is 192 Å². The van der Waals surface area contributed by atoms with Crippen LogP contribution >= 0.6 is 0 Å². The molecular formula is C49H30N2O2. The fourth-order valence-corrected chi connectivity index (χ4v) is 8.47. The van der Waals surface area contributed by atoms with Crippen molar-refractivity contribution in [3.63, 3.8) is 0 Å². The zero-order valence-corrected chi connectivity index (χ0v) is 28.5. The van der Waals surface area contributed by atoms with E-state index in [-0.39, 0.29) is 5.43 Å². The Balaban J connectivity index is 1.25. The van der Waals surface area contributed by atoms with Gasteiger partial charge in [-0.25, -0.2) is 0 Å².